The van der Waals surface area contributed by atoms with E-state index in [9.17, 15) is 18.7 Å². The lowest BCUT2D eigenvalue weighted by molar-refractivity contribution is 0.0793. The van der Waals surface area contributed by atoms with Crippen LogP contribution < -0.4 is 16.9 Å². The van der Waals surface area contributed by atoms with Crippen LogP contribution in [-0.4, -0.2) is 84.1 Å². The number of hydrogen-bond donors (Lipinski definition) is 7. The molecule has 214 valence electrons. The van der Waals surface area contributed by atoms with Crippen LogP contribution in [0.25, 0.3) is 22.3 Å². The first kappa shape index (κ1) is 30.3. The van der Waals surface area contributed by atoms with Gasteiger partial charge in [-0.25, -0.2) is 15.0 Å². The number of rotatable bonds is 12. The number of H-pyrrole nitrogens is 2. The van der Waals surface area contributed by atoms with E-state index < -0.39 is 20.8 Å². The van der Waals surface area contributed by atoms with E-state index in [1.165, 1.54) is 23.5 Å². The highest BCUT2D eigenvalue weighted by atomic mass is 31.2. The fourth-order valence-corrected chi connectivity index (χ4v) is 4.20. The van der Waals surface area contributed by atoms with Crippen LogP contribution in [0.15, 0.2) is 28.6 Å². The monoisotopic (exact) mass is 591 g/mol. The van der Waals surface area contributed by atoms with Crippen LogP contribution in [0.2, 0.25) is 0 Å². The number of nitrogens with two attached hydrogens (primary N) is 1. The third kappa shape index (κ3) is 9.45. The number of aromatic amines is 2. The molecule has 0 unspecified atom stereocenters. The molecule has 0 aliphatic rings. The molecule has 19 nitrogen and oxygen atoms in total. The Kier molecular flexibility index (Phi) is 10.2. The SMILES string of the molecule is Nc1nc2c(ncn2COCCCP(=O)(O)O)c(=O)[nH]1.O=c1[nH]cnc2c1ncn2COCCCP(=O)(O)O. The highest BCUT2D eigenvalue weighted by Crippen LogP contribution is 2.35. The molecular weight excluding hydrogens is 564 g/mol. The molecule has 0 aromatic carbocycles. The van der Waals surface area contributed by atoms with E-state index in [4.69, 9.17) is 34.8 Å². The fraction of sp³-hybridized carbons (Fsp3) is 0.444. The zero-order chi connectivity index (χ0) is 28.6. The molecular formula is C18H27N9O10P2. The number of aromatic nitrogens is 8. The van der Waals surface area contributed by atoms with Gasteiger partial charge in [0.1, 0.15) is 13.5 Å². The van der Waals surface area contributed by atoms with Gasteiger partial charge in [-0.1, -0.05) is 0 Å². The largest absolute Gasteiger partial charge is 0.369 e. The third-order valence-electron chi connectivity index (χ3n) is 4.84. The van der Waals surface area contributed by atoms with Crippen LogP contribution in [0.4, 0.5) is 5.95 Å². The van der Waals surface area contributed by atoms with Gasteiger partial charge in [-0.15, -0.1) is 0 Å². The van der Waals surface area contributed by atoms with E-state index in [-0.39, 0.29) is 74.4 Å². The molecule has 0 atom stereocenters. The summed E-state index contributed by atoms with van der Waals surface area (Å²) in [5.41, 5.74) is 5.74. The van der Waals surface area contributed by atoms with Crippen molar-refractivity contribution in [1.82, 2.24) is 39.0 Å². The smallest absolute Gasteiger partial charge is 0.325 e. The maximum absolute atomic E-state index is 11.5. The Labute approximate surface area is 218 Å². The van der Waals surface area contributed by atoms with Crippen molar-refractivity contribution in [2.45, 2.75) is 26.3 Å². The van der Waals surface area contributed by atoms with Crippen molar-refractivity contribution in [3.8, 4) is 0 Å². The summed E-state index contributed by atoms with van der Waals surface area (Å²) in [4.78, 5) is 78.1. The number of anilines is 1. The summed E-state index contributed by atoms with van der Waals surface area (Å²) >= 11 is 0. The van der Waals surface area contributed by atoms with Gasteiger partial charge in [-0.05, 0) is 12.8 Å². The highest BCUT2D eigenvalue weighted by Gasteiger charge is 2.13. The maximum atomic E-state index is 11.5. The standard InChI is InChI=1S/C9H14N5O5P.C9H13N4O5P/c10-9-12-7-6(8(15)13-9)11-4-14(7)5-19-2-1-3-20(16,17)18;14-9-7-8(10-4-11-9)13(5-12-7)6-18-2-1-3-19(15,16)17/h4H,1-3,5H2,(H2,16,17,18)(H3,10,12,13,15);4-5H,1-3,6H2,(H,10,11,14)(H2,15,16,17). The van der Waals surface area contributed by atoms with Crippen LogP contribution in [-0.2, 0) is 32.1 Å². The van der Waals surface area contributed by atoms with E-state index in [1.54, 1.807) is 4.57 Å². The molecule has 0 saturated carbocycles. The number of nitrogens with one attached hydrogen (secondary N) is 2. The summed E-state index contributed by atoms with van der Waals surface area (Å²) < 4.78 is 34.8. The van der Waals surface area contributed by atoms with Crippen LogP contribution in [0, 0.1) is 0 Å². The molecule has 8 N–H and O–H groups in total. The van der Waals surface area contributed by atoms with Crippen LogP contribution >= 0.6 is 15.2 Å². The number of ether oxygens (including phenoxy) is 2. The van der Waals surface area contributed by atoms with E-state index in [1.807, 2.05) is 0 Å². The topological polar surface area (TPSA) is 287 Å². The number of imidazole rings is 2. The second-order valence-corrected chi connectivity index (χ2v) is 11.6. The van der Waals surface area contributed by atoms with Crippen molar-refractivity contribution in [2.75, 3.05) is 31.3 Å². The van der Waals surface area contributed by atoms with Gasteiger partial charge in [0.15, 0.2) is 22.3 Å². The molecule has 0 saturated heterocycles. The predicted molar refractivity (Wildman–Crippen MR) is 136 cm³/mol. The second-order valence-electron chi connectivity index (χ2n) is 8.01. The Bertz CT molecular complexity index is 1600. The number of fused-ring (bicyclic) bond motifs is 2. The van der Waals surface area contributed by atoms with Gasteiger partial charge in [0, 0.05) is 13.2 Å². The molecule has 21 heteroatoms. The molecule has 0 radical (unpaired) electrons. The van der Waals surface area contributed by atoms with Crippen molar-refractivity contribution in [3.63, 3.8) is 0 Å². The molecule has 0 aliphatic carbocycles. The quantitative estimate of drug-likeness (QED) is 0.0760. The number of hydrogen-bond acceptors (Lipinski definition) is 11. The first-order chi connectivity index (χ1) is 18.3. The Morgan fingerprint density at radius 2 is 1.33 bits per heavy atom. The average Bonchev–Trinajstić information content (AvgIpc) is 3.43. The van der Waals surface area contributed by atoms with E-state index in [0.717, 1.165) is 0 Å². The fourth-order valence-electron chi connectivity index (χ4n) is 3.12. The van der Waals surface area contributed by atoms with Crippen molar-refractivity contribution in [1.29, 1.82) is 0 Å². The van der Waals surface area contributed by atoms with Gasteiger partial charge in [-0.3, -0.25) is 32.8 Å². The Hall–Kier alpha value is -3.28. The maximum Gasteiger partial charge on any atom is 0.325 e. The van der Waals surface area contributed by atoms with Gasteiger partial charge < -0.3 is 39.8 Å². The zero-order valence-electron chi connectivity index (χ0n) is 20.3. The molecule has 0 aliphatic heterocycles. The molecule has 4 aromatic heterocycles. The third-order valence-corrected chi connectivity index (χ3v) is 6.64. The molecule has 39 heavy (non-hydrogen) atoms. The highest BCUT2D eigenvalue weighted by molar-refractivity contribution is 7.52. The Morgan fingerprint density at radius 1 is 0.821 bits per heavy atom. The number of nitrogens with zero attached hydrogens (tertiary/aromatic N) is 6. The van der Waals surface area contributed by atoms with Crippen LogP contribution in [0.5, 0.6) is 0 Å². The summed E-state index contributed by atoms with van der Waals surface area (Å²) in [6.07, 6.45) is 4.12. The zero-order valence-corrected chi connectivity index (χ0v) is 22.1. The first-order valence-corrected chi connectivity index (χ1v) is 14.8. The summed E-state index contributed by atoms with van der Waals surface area (Å²) in [6, 6.07) is 0. The van der Waals surface area contributed by atoms with Gasteiger partial charge in [-0.2, -0.15) is 4.98 Å². The van der Waals surface area contributed by atoms with Crippen LogP contribution in [0.3, 0.4) is 0 Å². The molecule has 0 fully saturated rings. The Balaban J connectivity index is 0.000000216. The summed E-state index contributed by atoms with van der Waals surface area (Å²) in [7, 11) is -7.96. The minimum Gasteiger partial charge on any atom is -0.369 e. The summed E-state index contributed by atoms with van der Waals surface area (Å²) in [5.74, 6) is -0.0225. The molecule has 0 amide bonds. The molecule has 0 bridgehead atoms. The van der Waals surface area contributed by atoms with Gasteiger partial charge in [0.25, 0.3) is 11.1 Å². The molecule has 4 rings (SSSR count). The molecule has 4 heterocycles. The lowest BCUT2D eigenvalue weighted by Gasteiger charge is -2.06. The Morgan fingerprint density at radius 3 is 1.87 bits per heavy atom. The predicted octanol–water partition coefficient (Wildman–Crippen LogP) is -1.09. The molecule has 4 aromatic rings. The number of nitrogen functional groups attached to an aromatic ring is 1. The van der Waals surface area contributed by atoms with Gasteiger partial charge >= 0.3 is 15.2 Å². The van der Waals surface area contributed by atoms with E-state index in [0.29, 0.717) is 11.3 Å². The first-order valence-electron chi connectivity index (χ1n) is 11.2. The minimum atomic E-state index is -3.99. The van der Waals surface area contributed by atoms with Crippen molar-refractivity contribution in [3.05, 3.63) is 39.7 Å². The van der Waals surface area contributed by atoms with Crippen LogP contribution in [0.1, 0.15) is 12.8 Å². The lowest BCUT2D eigenvalue weighted by Crippen LogP contribution is -2.13. The lowest BCUT2D eigenvalue weighted by atomic mass is 10.5. The summed E-state index contributed by atoms with van der Waals surface area (Å²) in [6.45, 7) is 0.555. The second kappa shape index (κ2) is 13.2. The van der Waals surface area contributed by atoms with Crippen molar-refractivity contribution in [2.24, 2.45) is 0 Å². The van der Waals surface area contributed by atoms with Gasteiger partial charge in [0.05, 0.1) is 31.3 Å². The van der Waals surface area contributed by atoms with Crippen molar-refractivity contribution < 1.29 is 38.2 Å². The average molecular weight is 591 g/mol. The van der Waals surface area contributed by atoms with Gasteiger partial charge in [0.2, 0.25) is 5.95 Å². The van der Waals surface area contributed by atoms with E-state index >= 15 is 0 Å². The summed E-state index contributed by atoms with van der Waals surface area (Å²) in [5, 5.41) is 0. The van der Waals surface area contributed by atoms with Crippen molar-refractivity contribution >= 4 is 43.5 Å². The normalized spacial score (nSPS) is 12.1. The molecule has 0 spiro atoms. The van der Waals surface area contributed by atoms with E-state index in [2.05, 4.69) is 29.9 Å². The minimum absolute atomic E-state index is 0.0225.